The highest BCUT2D eigenvalue weighted by Gasteiger charge is 2.22. The van der Waals surface area contributed by atoms with E-state index in [1.807, 2.05) is 58.4 Å². The number of nitrogens with two attached hydrogens (primary N) is 2. The molecule has 0 saturated carbocycles. The largest absolute Gasteiger partial charge is 0.387 e. The van der Waals surface area contributed by atoms with Crippen molar-refractivity contribution in [3.8, 4) is 0 Å². The maximum Gasteiger partial charge on any atom is 0.250 e. The minimum absolute atomic E-state index is 0.00481. The molecule has 10 nitrogen and oxygen atoms in total. The molecule has 11 heteroatoms. The molecule has 2 aromatic carbocycles. The third-order valence-corrected chi connectivity index (χ3v) is 8.96. The van der Waals surface area contributed by atoms with E-state index in [1.165, 1.54) is 0 Å². The van der Waals surface area contributed by atoms with Crippen molar-refractivity contribution in [2.75, 3.05) is 26.2 Å². The average molecular weight is 769 g/mol. The van der Waals surface area contributed by atoms with Gasteiger partial charge in [0, 0.05) is 90.1 Å². The first-order chi connectivity index (χ1) is 25.1. The summed E-state index contributed by atoms with van der Waals surface area (Å²) in [7, 11) is 0. The van der Waals surface area contributed by atoms with Gasteiger partial charge in [-0.05, 0) is 73.7 Å². The molecule has 52 heavy (non-hydrogen) atoms. The number of carbonyl (C=O) groups excluding carboxylic acids is 3. The predicted molar refractivity (Wildman–Crippen MR) is 215 cm³/mol. The van der Waals surface area contributed by atoms with E-state index in [4.69, 9.17) is 11.5 Å². The molecule has 2 aliphatic rings. The molecular formula is C41H50BrN7O3. The van der Waals surface area contributed by atoms with Crippen LogP contribution in [0.3, 0.4) is 0 Å². The second-order valence-electron chi connectivity index (χ2n) is 12.9. The Morgan fingerprint density at radius 3 is 1.69 bits per heavy atom. The van der Waals surface area contributed by atoms with Crippen molar-refractivity contribution in [2.24, 2.45) is 21.5 Å². The molecule has 0 fully saturated rings. The van der Waals surface area contributed by atoms with Gasteiger partial charge in [-0.15, -0.1) is 0 Å². The Kier molecular flexibility index (Phi) is 15.1. The van der Waals surface area contributed by atoms with Crippen molar-refractivity contribution in [1.29, 1.82) is 0 Å². The third kappa shape index (κ3) is 11.0. The number of hydrogen-bond donors (Lipinski definition) is 2. The smallest absolute Gasteiger partial charge is 0.250 e. The van der Waals surface area contributed by atoms with Crippen LogP contribution in [0.5, 0.6) is 0 Å². The summed E-state index contributed by atoms with van der Waals surface area (Å²) in [6.45, 7) is 11.3. The van der Waals surface area contributed by atoms with Crippen LogP contribution in [0.15, 0.2) is 86.5 Å². The molecule has 5 rings (SSSR count). The first kappa shape index (κ1) is 39.9. The SMILES string of the molecule is CCCN(CCC)C(=O)C1=Cc2ccc(Br)cc2N=C(N)C1.CCCN(CCC)C(=O)C1=Cc2ccc(CC(=O)c3cccnc3)cc2N=C(N)C1. The number of aromatic nitrogens is 1. The van der Waals surface area contributed by atoms with Crippen molar-refractivity contribution >= 4 is 68.7 Å². The van der Waals surface area contributed by atoms with Crippen LogP contribution < -0.4 is 11.5 Å². The lowest BCUT2D eigenvalue weighted by Gasteiger charge is -2.22. The van der Waals surface area contributed by atoms with Crippen molar-refractivity contribution in [1.82, 2.24) is 14.8 Å². The molecule has 4 N–H and O–H groups in total. The van der Waals surface area contributed by atoms with Crippen LogP contribution in [0.25, 0.3) is 12.2 Å². The van der Waals surface area contributed by atoms with E-state index in [1.54, 1.807) is 24.5 Å². The molecule has 0 aliphatic carbocycles. The topological polar surface area (TPSA) is 147 Å². The van der Waals surface area contributed by atoms with Crippen molar-refractivity contribution in [3.63, 3.8) is 0 Å². The number of fused-ring (bicyclic) bond motifs is 2. The number of amidine groups is 2. The minimum atomic E-state index is -0.00481. The summed E-state index contributed by atoms with van der Waals surface area (Å²) in [5.74, 6) is 0.953. The van der Waals surface area contributed by atoms with E-state index in [2.05, 4.69) is 58.6 Å². The van der Waals surface area contributed by atoms with E-state index < -0.39 is 0 Å². The van der Waals surface area contributed by atoms with Gasteiger partial charge in [-0.2, -0.15) is 0 Å². The average Bonchev–Trinajstić information content (AvgIpc) is 3.40. The summed E-state index contributed by atoms with van der Waals surface area (Å²) in [6.07, 6.45) is 11.7. The number of halogens is 1. The second-order valence-corrected chi connectivity index (χ2v) is 13.8. The van der Waals surface area contributed by atoms with Gasteiger partial charge < -0.3 is 21.3 Å². The molecule has 0 bridgehead atoms. The molecule has 0 saturated heterocycles. The van der Waals surface area contributed by atoms with Crippen LogP contribution in [0.2, 0.25) is 0 Å². The summed E-state index contributed by atoms with van der Waals surface area (Å²) in [6, 6.07) is 15.0. The third-order valence-electron chi connectivity index (χ3n) is 8.46. The standard InChI is InChI=1S/C24H28N4O2.C17H22BrN3O/c1-3-10-28(11-4-2)24(30)20-14-18-8-7-17(12-21(18)27-23(25)15-20)13-22(29)19-6-5-9-26-16-19;1-3-7-21(8-4-2)17(22)13-9-12-5-6-14(18)11-15(12)20-16(19)10-13/h5-9,12,14,16H,3-4,10-11,13,15H2,1-2H3,(H2,25,27);5-6,9,11H,3-4,7-8,10H2,1-2H3,(H2,19,20). The Bertz CT molecular complexity index is 1850. The molecule has 0 atom stereocenters. The van der Waals surface area contributed by atoms with Gasteiger partial charge in [-0.25, -0.2) is 9.98 Å². The second kappa shape index (κ2) is 19.6. The van der Waals surface area contributed by atoms with Crippen LogP contribution in [-0.2, 0) is 16.0 Å². The molecule has 2 amide bonds. The lowest BCUT2D eigenvalue weighted by molar-refractivity contribution is -0.128. The minimum Gasteiger partial charge on any atom is -0.387 e. The van der Waals surface area contributed by atoms with Gasteiger partial charge in [0.05, 0.1) is 11.4 Å². The number of Topliss-reactive ketones (excluding diaryl/α,β-unsaturated/α-hetero) is 1. The number of benzene rings is 2. The first-order valence-electron chi connectivity index (χ1n) is 18.1. The van der Waals surface area contributed by atoms with Gasteiger partial charge in [-0.1, -0.05) is 61.8 Å². The molecule has 3 heterocycles. The van der Waals surface area contributed by atoms with Crippen molar-refractivity contribution in [3.05, 3.63) is 98.8 Å². The lowest BCUT2D eigenvalue weighted by Crippen LogP contribution is -2.34. The molecule has 0 spiro atoms. The maximum atomic E-state index is 13.1. The highest BCUT2D eigenvalue weighted by Crippen LogP contribution is 2.31. The van der Waals surface area contributed by atoms with Gasteiger partial charge in [0.2, 0.25) is 11.8 Å². The highest BCUT2D eigenvalue weighted by molar-refractivity contribution is 9.10. The molecule has 0 radical (unpaired) electrons. The quantitative estimate of drug-likeness (QED) is 0.170. The van der Waals surface area contributed by atoms with E-state index in [0.29, 0.717) is 46.9 Å². The fourth-order valence-corrected chi connectivity index (χ4v) is 6.46. The zero-order valence-corrected chi connectivity index (χ0v) is 32.3. The number of nitrogens with zero attached hydrogens (tertiary/aromatic N) is 5. The Labute approximate surface area is 315 Å². The van der Waals surface area contributed by atoms with Gasteiger partial charge >= 0.3 is 0 Å². The van der Waals surface area contributed by atoms with E-state index >= 15 is 0 Å². The number of aliphatic imine (C=N–C) groups is 2. The number of rotatable bonds is 13. The van der Waals surface area contributed by atoms with Gasteiger partial charge in [0.1, 0.15) is 11.7 Å². The number of amides is 2. The molecule has 274 valence electrons. The number of pyridine rings is 1. The van der Waals surface area contributed by atoms with Crippen LogP contribution in [-0.4, -0.2) is 70.2 Å². The van der Waals surface area contributed by atoms with Gasteiger partial charge in [0.15, 0.2) is 5.78 Å². The Morgan fingerprint density at radius 2 is 1.21 bits per heavy atom. The summed E-state index contributed by atoms with van der Waals surface area (Å²) < 4.78 is 0.949. The highest BCUT2D eigenvalue weighted by atomic mass is 79.9. The molecule has 3 aromatic rings. The van der Waals surface area contributed by atoms with E-state index in [-0.39, 0.29) is 24.0 Å². The number of ketones is 1. The fourth-order valence-electron chi connectivity index (χ4n) is 6.12. The van der Waals surface area contributed by atoms with Crippen LogP contribution in [0, 0.1) is 0 Å². The molecule has 0 unspecified atom stereocenters. The monoisotopic (exact) mass is 767 g/mol. The van der Waals surface area contributed by atoms with Gasteiger partial charge in [-0.3, -0.25) is 19.4 Å². The van der Waals surface area contributed by atoms with Crippen molar-refractivity contribution < 1.29 is 14.4 Å². The Balaban J connectivity index is 0.000000244. The van der Waals surface area contributed by atoms with Crippen LogP contribution in [0.1, 0.15) is 93.3 Å². The van der Waals surface area contributed by atoms with Gasteiger partial charge in [0.25, 0.3) is 0 Å². The number of hydrogen-bond acceptors (Lipinski definition) is 8. The molecule has 2 aliphatic heterocycles. The predicted octanol–water partition coefficient (Wildman–Crippen LogP) is 7.80. The fraction of sp³-hybridized carbons (Fsp3) is 0.366. The normalized spacial score (nSPS) is 13.3. The molecule has 1 aromatic heterocycles. The van der Waals surface area contributed by atoms with Crippen molar-refractivity contribution in [2.45, 2.75) is 72.6 Å². The van der Waals surface area contributed by atoms with E-state index in [0.717, 1.165) is 78.7 Å². The maximum absolute atomic E-state index is 13.1. The summed E-state index contributed by atoms with van der Waals surface area (Å²) in [4.78, 5) is 55.1. The zero-order valence-electron chi connectivity index (χ0n) is 30.7. The summed E-state index contributed by atoms with van der Waals surface area (Å²) in [5, 5.41) is 0. The van der Waals surface area contributed by atoms with Crippen LogP contribution in [0.4, 0.5) is 11.4 Å². The summed E-state index contributed by atoms with van der Waals surface area (Å²) in [5.41, 5.74) is 18.2. The Morgan fingerprint density at radius 1 is 0.712 bits per heavy atom. The molecular weight excluding hydrogens is 718 g/mol. The van der Waals surface area contributed by atoms with Crippen LogP contribution >= 0.6 is 15.9 Å². The zero-order chi connectivity index (χ0) is 37.6. The Hall–Kier alpha value is -4.90. The first-order valence-corrected chi connectivity index (χ1v) is 18.9. The summed E-state index contributed by atoms with van der Waals surface area (Å²) >= 11 is 3.44. The van der Waals surface area contributed by atoms with E-state index in [9.17, 15) is 14.4 Å². The lowest BCUT2D eigenvalue weighted by atomic mass is 10.0. The number of carbonyl (C=O) groups is 3.